The van der Waals surface area contributed by atoms with E-state index >= 15 is 0 Å². The highest BCUT2D eigenvalue weighted by atomic mass is 32.2. The van der Waals surface area contributed by atoms with Crippen LogP contribution in [-0.4, -0.2) is 135 Å². The molecule has 2 aromatic heterocycles. The third kappa shape index (κ3) is 8.33. The lowest BCUT2D eigenvalue weighted by Crippen LogP contribution is -2.55. The van der Waals surface area contributed by atoms with Crippen LogP contribution in [0.15, 0.2) is 77.8 Å². The number of nitro benzene ring substituents is 1. The third-order valence-electron chi connectivity index (χ3n) is 18.1. The number of sulfonamides is 1. The first-order valence-corrected chi connectivity index (χ1v) is 28.4. The fourth-order valence-electron chi connectivity index (χ4n) is 14.0. The van der Waals surface area contributed by atoms with E-state index in [1.807, 2.05) is 30.5 Å². The minimum atomic E-state index is -4.69. The molecule has 74 heavy (non-hydrogen) atoms. The van der Waals surface area contributed by atoms with Gasteiger partial charge >= 0.3 is 0 Å². The van der Waals surface area contributed by atoms with Gasteiger partial charge in [-0.15, -0.1) is 0 Å². The molecule has 388 valence electrons. The first-order valence-electron chi connectivity index (χ1n) is 26.9. The average molecular weight is 1030 g/mol. The van der Waals surface area contributed by atoms with E-state index in [1.165, 1.54) is 51.1 Å². The summed E-state index contributed by atoms with van der Waals surface area (Å²) in [5.74, 6) is 0.282. The minimum absolute atomic E-state index is 0.00198. The van der Waals surface area contributed by atoms with Crippen molar-refractivity contribution in [3.8, 4) is 11.6 Å². The number of nitro groups is 1. The van der Waals surface area contributed by atoms with Crippen LogP contribution in [0.25, 0.3) is 11.0 Å². The van der Waals surface area contributed by atoms with Crippen molar-refractivity contribution in [2.45, 2.75) is 111 Å². The molecule has 2 aliphatic carbocycles. The number of ether oxygens (including phenoxy) is 4. The number of morpholine rings is 1. The molecule has 18 nitrogen and oxygen atoms in total. The number of aromatic amines is 1. The Morgan fingerprint density at radius 1 is 0.919 bits per heavy atom. The van der Waals surface area contributed by atoms with Gasteiger partial charge in [0.2, 0.25) is 5.88 Å². The zero-order valence-corrected chi connectivity index (χ0v) is 42.3. The lowest BCUT2D eigenvalue weighted by Gasteiger charge is -2.56. The highest BCUT2D eigenvalue weighted by Gasteiger charge is 2.50. The predicted octanol–water partition coefficient (Wildman–Crippen LogP) is 7.63. The molecule has 1 amide bonds. The zero-order valence-electron chi connectivity index (χ0n) is 41.5. The normalized spacial score (nSPS) is 27.6. The first kappa shape index (κ1) is 46.5. The Hall–Kier alpha value is -5.99. The fourth-order valence-corrected chi connectivity index (χ4v) is 15.0. The number of pyridine rings is 1. The van der Waals surface area contributed by atoms with Gasteiger partial charge in [0, 0.05) is 92.8 Å². The molecule has 9 aliphatic rings. The molecule has 2 bridgehead atoms. The van der Waals surface area contributed by atoms with E-state index in [4.69, 9.17) is 23.9 Å². The Balaban J connectivity index is 0.747. The van der Waals surface area contributed by atoms with Crippen molar-refractivity contribution in [2.24, 2.45) is 11.3 Å². The molecule has 19 heteroatoms. The van der Waals surface area contributed by atoms with E-state index in [2.05, 4.69) is 58.9 Å². The summed E-state index contributed by atoms with van der Waals surface area (Å²) in [7, 11) is -4.69. The number of amides is 1. The summed E-state index contributed by atoms with van der Waals surface area (Å²) in [6, 6.07) is 22.2. The highest BCUT2D eigenvalue weighted by Crippen LogP contribution is 2.55. The summed E-state index contributed by atoms with van der Waals surface area (Å²) in [6.07, 6.45) is 13.1. The van der Waals surface area contributed by atoms with Gasteiger partial charge in [0.25, 0.3) is 21.6 Å². The quantitative estimate of drug-likeness (QED) is 0.0862. The number of benzene rings is 3. The fraction of sp³-hybridized carbons (Fsp3) is 0.527. The van der Waals surface area contributed by atoms with Crippen LogP contribution in [0.5, 0.6) is 11.6 Å². The number of piperidine rings is 1. The van der Waals surface area contributed by atoms with Gasteiger partial charge in [-0.2, -0.15) is 4.98 Å². The number of rotatable bonds is 11. The van der Waals surface area contributed by atoms with Crippen molar-refractivity contribution >= 4 is 55.4 Å². The van der Waals surface area contributed by atoms with Crippen molar-refractivity contribution in [1.29, 1.82) is 0 Å². The predicted molar refractivity (Wildman–Crippen MR) is 277 cm³/mol. The lowest BCUT2D eigenvalue weighted by molar-refractivity contribution is -0.384. The number of aromatic nitrogens is 2. The van der Waals surface area contributed by atoms with Crippen LogP contribution in [0.3, 0.4) is 0 Å². The van der Waals surface area contributed by atoms with Crippen molar-refractivity contribution in [1.82, 2.24) is 24.5 Å². The van der Waals surface area contributed by atoms with E-state index in [0.717, 1.165) is 62.0 Å². The highest BCUT2D eigenvalue weighted by molar-refractivity contribution is 7.90. The number of anilines is 4. The van der Waals surface area contributed by atoms with Gasteiger partial charge in [-0.1, -0.05) is 24.3 Å². The molecule has 0 unspecified atom stereocenters. The van der Waals surface area contributed by atoms with Crippen LogP contribution in [0.2, 0.25) is 0 Å². The molecule has 7 fully saturated rings. The maximum Gasteiger partial charge on any atom is 0.297 e. The van der Waals surface area contributed by atoms with E-state index in [1.54, 1.807) is 17.2 Å². The Labute approximate surface area is 430 Å². The van der Waals surface area contributed by atoms with Crippen LogP contribution in [0.4, 0.5) is 28.4 Å². The second-order valence-corrected chi connectivity index (χ2v) is 24.3. The molecule has 3 aromatic carbocycles. The standard InChI is InChI=1S/C55H63N9O9S/c65-53(59-74(68,69)41-23-47(64(66)67)51-49(24-41)72-30-36(57-51)28-61-29-40-21-38(61)31-71-40)44-10-9-37(22-46(44)63-27-35-12-19-70-32-50(35)73-54-48(63)20-34-11-15-56-52(34)58-54)60-17-13-55(14-18-60)25-39(26-55)62-16-3-6-45(62)43-5-2-1-4-42(43)33-7-8-33/h1-2,4-5,9-11,15,20,22-24,33,35-36,38-40,45,50,57H,3,6-8,12-14,16-19,21,25-32H2,(H,56,58)(H,59,65)/t35-,36+,38+,40+,45+,50-/m1/s1. The largest absolute Gasteiger partial charge is 0.489 e. The first-order chi connectivity index (χ1) is 36.0. The smallest absolute Gasteiger partial charge is 0.297 e. The van der Waals surface area contributed by atoms with Gasteiger partial charge in [0.15, 0.2) is 11.4 Å². The third-order valence-corrected chi connectivity index (χ3v) is 19.4. The van der Waals surface area contributed by atoms with Crippen molar-refractivity contribution < 1.29 is 37.1 Å². The molecule has 5 saturated heterocycles. The molecule has 0 radical (unpaired) electrons. The number of H-pyrrole nitrogens is 1. The van der Waals surface area contributed by atoms with Gasteiger partial charge in [-0.25, -0.2) is 13.1 Å². The van der Waals surface area contributed by atoms with Crippen molar-refractivity contribution in [3.05, 3.63) is 99.7 Å². The van der Waals surface area contributed by atoms with Crippen molar-refractivity contribution in [2.75, 3.05) is 80.8 Å². The monoisotopic (exact) mass is 1030 g/mol. The maximum absolute atomic E-state index is 14.8. The summed E-state index contributed by atoms with van der Waals surface area (Å²) >= 11 is 0. The number of carbonyl (C=O) groups is 1. The molecule has 6 atom stereocenters. The van der Waals surface area contributed by atoms with Crippen LogP contribution in [0.1, 0.15) is 97.7 Å². The summed E-state index contributed by atoms with van der Waals surface area (Å²) in [5, 5.41) is 16.7. The summed E-state index contributed by atoms with van der Waals surface area (Å²) in [4.78, 5) is 44.1. The summed E-state index contributed by atoms with van der Waals surface area (Å²) in [5.41, 5.74) is 5.96. The van der Waals surface area contributed by atoms with Gasteiger partial charge < -0.3 is 39.0 Å². The topological polar surface area (TPSA) is 197 Å². The molecule has 5 aromatic rings. The number of nitrogens with one attached hydrogen (secondary N) is 3. The second kappa shape index (κ2) is 18.1. The molecule has 7 aliphatic heterocycles. The van der Waals surface area contributed by atoms with E-state index in [9.17, 15) is 23.3 Å². The Morgan fingerprint density at radius 3 is 2.57 bits per heavy atom. The van der Waals surface area contributed by atoms with Gasteiger partial charge in [0.1, 0.15) is 24.0 Å². The van der Waals surface area contributed by atoms with E-state index in [-0.39, 0.29) is 47.8 Å². The number of hydrogen-bond donors (Lipinski definition) is 3. The molecular formula is C55H63N9O9S. The SMILES string of the molecule is O=C(NS(=O)(=O)c1cc2c(c([N+](=O)[O-])c1)N[C@@H](CN1C[C@@H]3C[C@H]1CO3)CO2)c1ccc(N2CCC3(CC2)CC(N2CCC[C@H]2c2ccccc2C2CC2)C3)cc1N1C[C@H]2CCOC[C@H]2Oc2nc3[nH]ccc3cc21. The van der Waals surface area contributed by atoms with Crippen LogP contribution in [0, 0.1) is 21.4 Å². The lowest BCUT2D eigenvalue weighted by atomic mass is 9.59. The average Bonchev–Trinajstić information content (AvgIpc) is 3.66. The zero-order chi connectivity index (χ0) is 49.9. The van der Waals surface area contributed by atoms with Crippen LogP contribution in [-0.2, 0) is 19.5 Å². The number of hydrogen-bond acceptors (Lipinski definition) is 15. The van der Waals surface area contributed by atoms with Gasteiger partial charge in [0.05, 0.1) is 46.4 Å². The molecule has 1 spiro atoms. The Kier molecular flexibility index (Phi) is 11.4. The summed E-state index contributed by atoms with van der Waals surface area (Å²) in [6.45, 7) is 6.50. The molecule has 3 N–H and O–H groups in total. The van der Waals surface area contributed by atoms with E-state index < -0.39 is 31.4 Å². The van der Waals surface area contributed by atoms with Crippen LogP contribution < -0.4 is 29.3 Å². The molecule has 9 heterocycles. The maximum atomic E-state index is 14.8. The summed E-state index contributed by atoms with van der Waals surface area (Å²) < 4.78 is 55.5. The Morgan fingerprint density at radius 2 is 1.77 bits per heavy atom. The number of carbonyl (C=O) groups excluding carboxylic acids is 1. The van der Waals surface area contributed by atoms with Crippen LogP contribution >= 0.6 is 0 Å². The molecule has 2 saturated carbocycles. The molecule has 14 rings (SSSR count). The van der Waals surface area contributed by atoms with Gasteiger partial charge in [-0.05, 0) is 124 Å². The second-order valence-electron chi connectivity index (χ2n) is 22.6. The Bertz CT molecular complexity index is 3150. The minimum Gasteiger partial charge on any atom is -0.489 e. The van der Waals surface area contributed by atoms with E-state index in [0.29, 0.717) is 85.8 Å². The van der Waals surface area contributed by atoms with Crippen molar-refractivity contribution in [3.63, 3.8) is 0 Å². The number of nitrogens with zero attached hydrogens (tertiary/aromatic N) is 6. The molecular weight excluding hydrogens is 963 g/mol. The number of likely N-dealkylation sites (tertiary alicyclic amines) is 2. The van der Waals surface area contributed by atoms with Gasteiger partial charge in [-0.3, -0.25) is 24.7 Å². The number of fused-ring (bicyclic) bond motifs is 6.